The average molecular weight is 286 g/mol. The van der Waals surface area contributed by atoms with Crippen molar-refractivity contribution < 1.29 is 50.5 Å². The predicted molar refractivity (Wildman–Crippen MR) is 41.4 cm³/mol. The normalized spacial score (nSPS) is 13.7. The number of aliphatic carboxylic acids is 1. The molecular weight excluding hydrogens is 278 g/mol. The number of rotatable bonds is 8. The van der Waals surface area contributed by atoms with Gasteiger partial charge < -0.3 is 14.6 Å². The maximum absolute atomic E-state index is 12.6. The van der Waals surface area contributed by atoms with Gasteiger partial charge >= 0.3 is 24.3 Å². The first kappa shape index (κ1) is 16.9. The molecule has 0 aromatic heterocycles. The van der Waals surface area contributed by atoms with Crippen LogP contribution in [0.4, 0.5) is 26.3 Å². The molecule has 11 heteroatoms. The van der Waals surface area contributed by atoms with E-state index >= 15 is 0 Å². The SMILES string of the molecule is COC(F)(F)COCC(F)(F)OC(F)(F)C(=O)O. The van der Waals surface area contributed by atoms with E-state index in [-0.39, 0.29) is 0 Å². The van der Waals surface area contributed by atoms with Crippen LogP contribution in [-0.2, 0) is 19.0 Å². The molecule has 0 amide bonds. The Morgan fingerprint density at radius 2 is 1.50 bits per heavy atom. The fourth-order valence-corrected chi connectivity index (χ4v) is 0.608. The maximum Gasteiger partial charge on any atom is 0.460 e. The fraction of sp³-hybridized carbons (Fsp3) is 0.857. The standard InChI is InChI=1S/C7H8F6O5/c1-16-5(8,9)2-17-3-6(10,11)18-7(12,13)4(14)15/h2-3H2,1H3,(H,14,15). The summed E-state index contributed by atoms with van der Waals surface area (Å²) in [5, 5.41) is 7.81. The van der Waals surface area contributed by atoms with Crippen molar-refractivity contribution in [2.75, 3.05) is 20.3 Å². The summed E-state index contributed by atoms with van der Waals surface area (Å²) in [4.78, 5) is 9.79. The first-order chi connectivity index (χ1) is 7.92. The van der Waals surface area contributed by atoms with Gasteiger partial charge in [0.15, 0.2) is 0 Å². The molecule has 0 aliphatic heterocycles. The second-order valence-corrected chi connectivity index (χ2v) is 2.90. The Kier molecular flexibility index (Phi) is 5.37. The molecule has 0 spiro atoms. The highest BCUT2D eigenvalue weighted by molar-refractivity contribution is 5.73. The van der Waals surface area contributed by atoms with Gasteiger partial charge in [-0.15, -0.1) is 0 Å². The Morgan fingerprint density at radius 1 is 1.06 bits per heavy atom. The lowest BCUT2D eigenvalue weighted by Crippen LogP contribution is -2.42. The Bertz CT molecular complexity index is 294. The summed E-state index contributed by atoms with van der Waals surface area (Å²) in [6, 6.07) is 0. The van der Waals surface area contributed by atoms with Crippen molar-refractivity contribution in [1.82, 2.24) is 0 Å². The van der Waals surface area contributed by atoms with Crippen molar-refractivity contribution >= 4 is 5.97 Å². The number of methoxy groups -OCH3 is 1. The summed E-state index contributed by atoms with van der Waals surface area (Å²) in [6.45, 7) is -3.63. The molecule has 0 saturated carbocycles. The van der Waals surface area contributed by atoms with Crippen molar-refractivity contribution in [2.45, 2.75) is 18.3 Å². The second-order valence-electron chi connectivity index (χ2n) is 2.90. The summed E-state index contributed by atoms with van der Waals surface area (Å²) in [5.41, 5.74) is 0. The molecule has 0 aromatic carbocycles. The van der Waals surface area contributed by atoms with Gasteiger partial charge in [-0.1, -0.05) is 0 Å². The van der Waals surface area contributed by atoms with Gasteiger partial charge in [0.2, 0.25) is 0 Å². The summed E-state index contributed by atoms with van der Waals surface area (Å²) < 4.78 is 84.1. The monoisotopic (exact) mass is 286 g/mol. The molecule has 18 heavy (non-hydrogen) atoms. The number of carbonyl (C=O) groups is 1. The van der Waals surface area contributed by atoms with E-state index in [0.29, 0.717) is 7.11 Å². The number of ether oxygens (including phenoxy) is 3. The number of carboxylic acid groups (broad SMARTS) is 1. The molecule has 0 unspecified atom stereocenters. The van der Waals surface area contributed by atoms with Crippen molar-refractivity contribution in [3.8, 4) is 0 Å². The molecule has 0 aromatic rings. The van der Waals surface area contributed by atoms with Crippen molar-refractivity contribution in [2.24, 2.45) is 0 Å². The van der Waals surface area contributed by atoms with Crippen LogP contribution in [0, 0.1) is 0 Å². The molecule has 0 radical (unpaired) electrons. The number of hydrogen-bond acceptors (Lipinski definition) is 4. The molecule has 5 nitrogen and oxygen atoms in total. The minimum Gasteiger partial charge on any atom is -0.475 e. The topological polar surface area (TPSA) is 65.0 Å². The van der Waals surface area contributed by atoms with Gasteiger partial charge in [0.1, 0.15) is 13.2 Å². The van der Waals surface area contributed by atoms with Crippen LogP contribution in [0.1, 0.15) is 0 Å². The van der Waals surface area contributed by atoms with E-state index in [0.717, 1.165) is 0 Å². The van der Waals surface area contributed by atoms with Gasteiger partial charge in [-0.2, -0.15) is 26.3 Å². The predicted octanol–water partition coefficient (Wildman–Crippen LogP) is 1.53. The van der Waals surface area contributed by atoms with Gasteiger partial charge in [-0.05, 0) is 0 Å². The van der Waals surface area contributed by atoms with Crippen LogP contribution in [0.2, 0.25) is 0 Å². The molecule has 0 aliphatic rings. The minimum atomic E-state index is -5.17. The van der Waals surface area contributed by atoms with Gasteiger partial charge in [0.05, 0.1) is 0 Å². The van der Waals surface area contributed by atoms with Crippen molar-refractivity contribution in [3.63, 3.8) is 0 Å². The maximum atomic E-state index is 12.6. The van der Waals surface area contributed by atoms with E-state index in [4.69, 9.17) is 5.11 Å². The van der Waals surface area contributed by atoms with Crippen LogP contribution in [0.3, 0.4) is 0 Å². The lowest BCUT2D eigenvalue weighted by molar-refractivity contribution is -0.377. The highest BCUT2D eigenvalue weighted by Crippen LogP contribution is 2.28. The summed E-state index contributed by atoms with van der Waals surface area (Å²) >= 11 is 0. The van der Waals surface area contributed by atoms with E-state index in [2.05, 4.69) is 14.2 Å². The van der Waals surface area contributed by atoms with E-state index in [1.54, 1.807) is 0 Å². The molecule has 0 atom stereocenters. The molecule has 0 rings (SSSR count). The Labute approximate surface area is 96.2 Å². The number of hydrogen-bond donors (Lipinski definition) is 1. The van der Waals surface area contributed by atoms with Gasteiger partial charge in [-0.3, -0.25) is 0 Å². The van der Waals surface area contributed by atoms with Crippen molar-refractivity contribution in [1.29, 1.82) is 0 Å². The van der Waals surface area contributed by atoms with Crippen LogP contribution < -0.4 is 0 Å². The molecular formula is C7H8F6O5. The number of carboxylic acids is 1. The fourth-order valence-electron chi connectivity index (χ4n) is 0.608. The lowest BCUT2D eigenvalue weighted by Gasteiger charge is -2.21. The first-order valence-corrected chi connectivity index (χ1v) is 4.12. The number of halogens is 6. The van der Waals surface area contributed by atoms with Crippen LogP contribution in [0.25, 0.3) is 0 Å². The van der Waals surface area contributed by atoms with E-state index < -0.39 is 37.5 Å². The van der Waals surface area contributed by atoms with Crippen LogP contribution >= 0.6 is 0 Å². The molecule has 0 heterocycles. The summed E-state index contributed by atoms with van der Waals surface area (Å²) in [7, 11) is 0.566. The molecule has 0 fully saturated rings. The third kappa shape index (κ3) is 6.02. The van der Waals surface area contributed by atoms with Gasteiger partial charge in [0, 0.05) is 7.11 Å². The third-order valence-electron chi connectivity index (χ3n) is 1.37. The quantitative estimate of drug-likeness (QED) is 0.685. The average Bonchev–Trinajstić information content (AvgIpc) is 2.15. The van der Waals surface area contributed by atoms with E-state index in [1.807, 2.05) is 0 Å². The van der Waals surface area contributed by atoms with Crippen LogP contribution in [0.5, 0.6) is 0 Å². The molecule has 108 valence electrons. The zero-order chi connectivity index (χ0) is 14.6. The smallest absolute Gasteiger partial charge is 0.460 e. The molecule has 0 saturated heterocycles. The Morgan fingerprint density at radius 3 is 1.89 bits per heavy atom. The first-order valence-electron chi connectivity index (χ1n) is 4.12. The van der Waals surface area contributed by atoms with Gasteiger partial charge in [-0.25, -0.2) is 9.53 Å². The number of alkyl halides is 6. The summed E-state index contributed by atoms with van der Waals surface area (Å²) in [6.07, 6.45) is -13.8. The second kappa shape index (κ2) is 5.71. The van der Waals surface area contributed by atoms with E-state index in [1.165, 1.54) is 0 Å². The largest absolute Gasteiger partial charge is 0.475 e. The zero-order valence-electron chi connectivity index (χ0n) is 8.76. The molecule has 0 aliphatic carbocycles. The van der Waals surface area contributed by atoms with Gasteiger partial charge in [0.25, 0.3) is 0 Å². The molecule has 1 N–H and O–H groups in total. The minimum absolute atomic E-state index is 0.566. The van der Waals surface area contributed by atoms with E-state index in [9.17, 15) is 31.1 Å². The van der Waals surface area contributed by atoms with Crippen LogP contribution in [0.15, 0.2) is 0 Å². The third-order valence-corrected chi connectivity index (χ3v) is 1.37. The molecule has 0 bridgehead atoms. The Hall–Kier alpha value is -1.07. The zero-order valence-corrected chi connectivity index (χ0v) is 8.76. The highest BCUT2D eigenvalue weighted by atomic mass is 19.3. The van der Waals surface area contributed by atoms with Crippen molar-refractivity contribution in [3.05, 3.63) is 0 Å². The Balaban J connectivity index is 4.29. The van der Waals surface area contributed by atoms with Crippen LogP contribution in [-0.4, -0.2) is 49.7 Å². The summed E-state index contributed by atoms with van der Waals surface area (Å²) in [5.74, 6) is -2.95. The lowest BCUT2D eigenvalue weighted by atomic mass is 10.6. The highest BCUT2D eigenvalue weighted by Gasteiger charge is 2.50.